The number of imidazole rings is 1. The number of anilines is 1. The standard InChI is InChI=1S/C20H25N5O7S/c1-10(26)29-8-13-15(30-11(2)27)16(31-12(3)28)19(32-13)25-17-14(18(33)22-9-21-17)23-20(25)24-6-4-5-7-24/h9,13,15-16,19H,4-8H2,1-3H3,(H,21,22,33)/t13-,15-,16-,19-/m1/s1. The summed E-state index contributed by atoms with van der Waals surface area (Å²) in [5.74, 6) is -1.13. The van der Waals surface area contributed by atoms with Gasteiger partial charge in [-0.3, -0.25) is 19.0 Å². The zero-order valence-electron chi connectivity index (χ0n) is 18.5. The van der Waals surface area contributed by atoms with Crippen LogP contribution in [0.15, 0.2) is 6.33 Å². The van der Waals surface area contributed by atoms with Gasteiger partial charge in [0.2, 0.25) is 5.95 Å². The van der Waals surface area contributed by atoms with Crippen LogP contribution in [0.4, 0.5) is 5.95 Å². The van der Waals surface area contributed by atoms with Gasteiger partial charge in [0.1, 0.15) is 23.9 Å². The molecule has 0 saturated carbocycles. The summed E-state index contributed by atoms with van der Waals surface area (Å²) in [4.78, 5) is 49.3. The van der Waals surface area contributed by atoms with Crippen molar-refractivity contribution in [2.24, 2.45) is 0 Å². The Kier molecular flexibility index (Phi) is 6.61. The number of aromatic nitrogens is 4. The second kappa shape index (κ2) is 9.43. The van der Waals surface area contributed by atoms with E-state index >= 15 is 0 Å². The zero-order valence-corrected chi connectivity index (χ0v) is 19.3. The molecule has 0 aromatic carbocycles. The molecule has 0 radical (unpaired) electrons. The molecule has 0 aliphatic carbocycles. The minimum absolute atomic E-state index is 0.190. The van der Waals surface area contributed by atoms with Crippen LogP contribution in [0, 0.1) is 4.64 Å². The molecule has 178 valence electrons. The lowest BCUT2D eigenvalue weighted by Crippen LogP contribution is -2.40. The molecule has 0 unspecified atom stereocenters. The van der Waals surface area contributed by atoms with Crippen molar-refractivity contribution in [3.63, 3.8) is 0 Å². The summed E-state index contributed by atoms with van der Waals surface area (Å²) in [7, 11) is 0. The molecule has 2 aromatic rings. The van der Waals surface area contributed by atoms with Gasteiger partial charge < -0.3 is 28.8 Å². The van der Waals surface area contributed by atoms with E-state index in [1.54, 1.807) is 4.57 Å². The highest BCUT2D eigenvalue weighted by molar-refractivity contribution is 7.71. The number of rotatable bonds is 6. The fourth-order valence-corrected chi connectivity index (χ4v) is 4.40. The van der Waals surface area contributed by atoms with E-state index in [0.717, 1.165) is 25.9 Å². The molecule has 0 amide bonds. The highest BCUT2D eigenvalue weighted by atomic mass is 32.1. The number of H-pyrrole nitrogens is 1. The van der Waals surface area contributed by atoms with Gasteiger partial charge in [-0.25, -0.2) is 9.97 Å². The Morgan fingerprint density at radius 2 is 1.79 bits per heavy atom. The van der Waals surface area contributed by atoms with Gasteiger partial charge in [-0.2, -0.15) is 0 Å². The summed E-state index contributed by atoms with van der Waals surface area (Å²) in [5.41, 5.74) is 0.987. The molecule has 12 nitrogen and oxygen atoms in total. The molecule has 0 bridgehead atoms. The van der Waals surface area contributed by atoms with E-state index in [1.165, 1.54) is 27.1 Å². The van der Waals surface area contributed by atoms with Crippen LogP contribution in [0.3, 0.4) is 0 Å². The normalized spacial score (nSPS) is 24.8. The number of aromatic amines is 1. The van der Waals surface area contributed by atoms with Gasteiger partial charge in [0.25, 0.3) is 0 Å². The summed E-state index contributed by atoms with van der Waals surface area (Å²) >= 11 is 5.37. The average molecular weight is 480 g/mol. The number of nitrogens with one attached hydrogen (secondary N) is 1. The van der Waals surface area contributed by atoms with Gasteiger partial charge in [-0.05, 0) is 12.8 Å². The van der Waals surface area contributed by atoms with Gasteiger partial charge in [0.15, 0.2) is 23.1 Å². The summed E-state index contributed by atoms with van der Waals surface area (Å²) in [6, 6.07) is 0. The van der Waals surface area contributed by atoms with E-state index in [-0.39, 0.29) is 6.61 Å². The van der Waals surface area contributed by atoms with Crippen molar-refractivity contribution in [3.8, 4) is 0 Å². The van der Waals surface area contributed by atoms with Crippen molar-refractivity contribution in [2.75, 3.05) is 24.6 Å². The third kappa shape index (κ3) is 4.69. The summed E-state index contributed by atoms with van der Waals surface area (Å²) in [5, 5.41) is 0. The molecule has 13 heteroatoms. The van der Waals surface area contributed by atoms with Crippen LogP contribution >= 0.6 is 12.2 Å². The van der Waals surface area contributed by atoms with Crippen LogP contribution in [0.1, 0.15) is 39.8 Å². The van der Waals surface area contributed by atoms with E-state index in [4.69, 9.17) is 36.1 Å². The maximum absolute atomic E-state index is 12.0. The number of hydrogen-bond donors (Lipinski definition) is 1. The molecule has 2 saturated heterocycles. The molecule has 2 aromatic heterocycles. The number of hydrogen-bond acceptors (Lipinski definition) is 11. The molecule has 4 heterocycles. The molecule has 1 N–H and O–H groups in total. The quantitative estimate of drug-likeness (QED) is 0.366. The smallest absolute Gasteiger partial charge is 0.303 e. The van der Waals surface area contributed by atoms with Gasteiger partial charge in [0.05, 0.1) is 6.33 Å². The number of carbonyl (C=O) groups excluding carboxylic acids is 3. The number of fused-ring (bicyclic) bond motifs is 1. The highest BCUT2D eigenvalue weighted by Gasteiger charge is 2.52. The van der Waals surface area contributed by atoms with E-state index in [9.17, 15) is 14.4 Å². The lowest BCUT2D eigenvalue weighted by atomic mass is 10.1. The van der Waals surface area contributed by atoms with E-state index in [2.05, 4.69) is 14.9 Å². The second-order valence-corrected chi connectivity index (χ2v) is 8.28. The van der Waals surface area contributed by atoms with Crippen molar-refractivity contribution in [1.82, 2.24) is 19.5 Å². The Morgan fingerprint density at radius 1 is 1.12 bits per heavy atom. The fourth-order valence-electron chi connectivity index (χ4n) is 4.20. The maximum atomic E-state index is 12.0. The molecule has 33 heavy (non-hydrogen) atoms. The van der Waals surface area contributed by atoms with Crippen LogP contribution in [0.5, 0.6) is 0 Å². The zero-order chi connectivity index (χ0) is 23.7. The molecule has 2 aliphatic heterocycles. The van der Waals surface area contributed by atoms with Crippen molar-refractivity contribution in [1.29, 1.82) is 0 Å². The Bertz CT molecular complexity index is 1130. The largest absolute Gasteiger partial charge is 0.463 e. The first-order chi connectivity index (χ1) is 15.8. The molecule has 0 spiro atoms. The third-order valence-corrected chi connectivity index (χ3v) is 5.76. The van der Waals surface area contributed by atoms with Crippen LogP contribution in [0.2, 0.25) is 0 Å². The number of nitrogens with zero attached hydrogens (tertiary/aromatic N) is 4. The SMILES string of the molecule is CC(=O)OC[C@H]1O[C@@H](n2c(N3CCCC3)nc3c(=S)nc[nH]c32)[C@H](OC(C)=O)[C@@H]1OC(C)=O. The molecule has 4 atom stereocenters. The molecule has 2 aliphatic rings. The van der Waals surface area contributed by atoms with Crippen LogP contribution in [-0.4, -0.2) is 75.4 Å². The predicted molar refractivity (Wildman–Crippen MR) is 116 cm³/mol. The predicted octanol–water partition coefficient (Wildman–Crippen LogP) is 1.41. The van der Waals surface area contributed by atoms with Crippen LogP contribution in [0.25, 0.3) is 11.2 Å². The van der Waals surface area contributed by atoms with Crippen molar-refractivity contribution >= 4 is 47.2 Å². The molecule has 2 fully saturated rings. The molecular weight excluding hydrogens is 454 g/mol. The molecule has 4 rings (SSSR count). The van der Waals surface area contributed by atoms with Gasteiger partial charge in [-0.15, -0.1) is 0 Å². The van der Waals surface area contributed by atoms with Gasteiger partial charge in [-0.1, -0.05) is 12.2 Å². The first-order valence-corrected chi connectivity index (χ1v) is 11.0. The average Bonchev–Trinajstić information content (AvgIpc) is 3.45. The topological polar surface area (TPSA) is 138 Å². The third-order valence-electron chi connectivity index (χ3n) is 5.46. The Hall–Kier alpha value is -3.06. The highest BCUT2D eigenvalue weighted by Crippen LogP contribution is 2.39. The van der Waals surface area contributed by atoms with Crippen LogP contribution in [-0.2, 0) is 33.3 Å². The lowest BCUT2D eigenvalue weighted by Gasteiger charge is -2.26. The second-order valence-electron chi connectivity index (χ2n) is 7.90. The van der Waals surface area contributed by atoms with Crippen molar-refractivity contribution in [3.05, 3.63) is 11.0 Å². The minimum Gasteiger partial charge on any atom is -0.463 e. The summed E-state index contributed by atoms with van der Waals surface area (Å²) in [6.45, 7) is 5.12. The molecular formula is C20H25N5O7S. The summed E-state index contributed by atoms with van der Waals surface area (Å²) < 4.78 is 24.5. The van der Waals surface area contributed by atoms with Gasteiger partial charge in [0, 0.05) is 33.9 Å². The number of carbonyl (C=O) groups is 3. The summed E-state index contributed by atoms with van der Waals surface area (Å²) in [6.07, 6.45) is -0.406. The Morgan fingerprint density at radius 3 is 2.42 bits per heavy atom. The first-order valence-electron chi connectivity index (χ1n) is 10.6. The number of ether oxygens (including phenoxy) is 4. The van der Waals surface area contributed by atoms with Gasteiger partial charge >= 0.3 is 17.9 Å². The first kappa shape index (κ1) is 23.1. The van der Waals surface area contributed by atoms with Crippen molar-refractivity contribution < 1.29 is 33.3 Å². The minimum atomic E-state index is -1.03. The van der Waals surface area contributed by atoms with E-state index in [0.29, 0.717) is 21.8 Å². The Labute approximate surface area is 194 Å². The maximum Gasteiger partial charge on any atom is 0.303 e. The van der Waals surface area contributed by atoms with E-state index in [1.807, 2.05) is 0 Å². The Balaban J connectivity index is 1.84. The lowest BCUT2D eigenvalue weighted by molar-refractivity contribution is -0.166. The van der Waals surface area contributed by atoms with E-state index < -0.39 is 42.4 Å². The number of esters is 3. The monoisotopic (exact) mass is 479 g/mol. The van der Waals surface area contributed by atoms with Crippen LogP contribution < -0.4 is 4.90 Å². The van der Waals surface area contributed by atoms with Crippen molar-refractivity contribution in [2.45, 2.75) is 58.2 Å². The fraction of sp³-hybridized carbons (Fsp3) is 0.600.